The first-order chi connectivity index (χ1) is 13.9. The molecule has 170 valence electrons. The van der Waals surface area contributed by atoms with Gasteiger partial charge in [0.25, 0.3) is 0 Å². The molecule has 0 aliphatic rings. The molecule has 0 aromatic carbocycles. The number of hydrogen-bond acceptors (Lipinski definition) is 7. The van der Waals surface area contributed by atoms with Crippen LogP contribution >= 0.6 is 0 Å². The first kappa shape index (κ1) is 26.8. The van der Waals surface area contributed by atoms with E-state index in [0.29, 0.717) is 6.42 Å². The highest BCUT2D eigenvalue weighted by atomic mass is 16.4. The minimum Gasteiger partial charge on any atom is -0.480 e. The van der Waals surface area contributed by atoms with Gasteiger partial charge in [0.2, 0.25) is 29.5 Å². The molecule has 4 atom stereocenters. The molecule has 4 unspecified atom stereocenters. The molecule has 30 heavy (non-hydrogen) atoms. The van der Waals surface area contributed by atoms with E-state index in [-0.39, 0.29) is 18.8 Å². The van der Waals surface area contributed by atoms with Crippen LogP contribution in [0.1, 0.15) is 39.5 Å². The van der Waals surface area contributed by atoms with Crippen molar-refractivity contribution in [3.8, 4) is 0 Å². The Bertz CT molecular complexity index is 669. The van der Waals surface area contributed by atoms with E-state index in [1.54, 1.807) is 6.92 Å². The molecule has 13 heteroatoms. The Hall–Kier alpha value is -3.22. The summed E-state index contributed by atoms with van der Waals surface area (Å²) in [5, 5.41) is 15.6. The Labute approximate surface area is 173 Å². The molecule has 0 aromatic rings. The fourth-order valence-electron chi connectivity index (χ4n) is 2.27. The summed E-state index contributed by atoms with van der Waals surface area (Å²) in [7, 11) is 0. The normalized spacial score (nSPS) is 14.5. The fourth-order valence-corrected chi connectivity index (χ4v) is 2.27. The largest absolute Gasteiger partial charge is 0.480 e. The van der Waals surface area contributed by atoms with Gasteiger partial charge in [-0.15, -0.1) is 0 Å². The zero-order valence-electron chi connectivity index (χ0n) is 17.0. The molecule has 0 bridgehead atoms. The second-order valence-electron chi connectivity index (χ2n) is 6.82. The fraction of sp³-hybridized carbons (Fsp3) is 0.647. The number of carbonyl (C=O) groups excluding carboxylic acids is 5. The van der Waals surface area contributed by atoms with Gasteiger partial charge in [-0.1, -0.05) is 20.3 Å². The number of carbonyl (C=O) groups is 6. The summed E-state index contributed by atoms with van der Waals surface area (Å²) in [4.78, 5) is 69.4. The molecule has 0 aromatic heterocycles. The number of amides is 5. The Kier molecular flexibility index (Phi) is 11.7. The van der Waals surface area contributed by atoms with Crippen molar-refractivity contribution >= 4 is 35.5 Å². The van der Waals surface area contributed by atoms with E-state index in [9.17, 15) is 28.8 Å². The predicted octanol–water partition coefficient (Wildman–Crippen LogP) is -3.33. The first-order valence-corrected chi connectivity index (χ1v) is 9.31. The molecule has 5 amide bonds. The van der Waals surface area contributed by atoms with Gasteiger partial charge < -0.3 is 38.3 Å². The van der Waals surface area contributed by atoms with Crippen LogP contribution < -0.4 is 33.2 Å². The monoisotopic (exact) mass is 430 g/mol. The average molecular weight is 430 g/mol. The summed E-state index contributed by atoms with van der Waals surface area (Å²) >= 11 is 0. The van der Waals surface area contributed by atoms with E-state index in [1.807, 2.05) is 12.2 Å². The van der Waals surface area contributed by atoms with Gasteiger partial charge in [0.1, 0.15) is 12.1 Å². The third-order valence-corrected chi connectivity index (χ3v) is 4.33. The number of rotatable bonds is 14. The topological polar surface area (TPSA) is 237 Å². The number of carboxylic acids is 1. The SMILES string of the molecule is CCC(C)C(N)C(=O)NC(CCC(N)=O)C(=O)NCC(=O)NC(CC(N)=O)C(=O)O. The van der Waals surface area contributed by atoms with Crippen LogP contribution in [-0.4, -0.2) is 65.3 Å². The number of carboxylic acid groups (broad SMARTS) is 1. The van der Waals surface area contributed by atoms with Crippen LogP contribution in [0.15, 0.2) is 0 Å². The van der Waals surface area contributed by atoms with E-state index >= 15 is 0 Å². The van der Waals surface area contributed by atoms with E-state index in [0.717, 1.165) is 0 Å². The summed E-state index contributed by atoms with van der Waals surface area (Å²) in [5.41, 5.74) is 15.8. The van der Waals surface area contributed by atoms with Gasteiger partial charge in [0, 0.05) is 6.42 Å². The molecule has 0 fully saturated rings. The number of aliphatic carboxylic acids is 1. The third-order valence-electron chi connectivity index (χ3n) is 4.33. The highest BCUT2D eigenvalue weighted by molar-refractivity contribution is 5.93. The van der Waals surface area contributed by atoms with Crippen molar-refractivity contribution in [2.24, 2.45) is 23.1 Å². The van der Waals surface area contributed by atoms with E-state index < -0.39 is 66.6 Å². The van der Waals surface area contributed by atoms with Gasteiger partial charge in [-0.3, -0.25) is 24.0 Å². The van der Waals surface area contributed by atoms with Gasteiger partial charge in [-0.25, -0.2) is 4.79 Å². The highest BCUT2D eigenvalue weighted by Crippen LogP contribution is 2.06. The van der Waals surface area contributed by atoms with Crippen LogP contribution in [0, 0.1) is 5.92 Å². The summed E-state index contributed by atoms with van der Waals surface area (Å²) in [6, 6.07) is -3.62. The molecule has 0 saturated carbocycles. The molecule has 0 spiro atoms. The zero-order valence-corrected chi connectivity index (χ0v) is 17.0. The Morgan fingerprint density at radius 2 is 1.53 bits per heavy atom. The summed E-state index contributed by atoms with van der Waals surface area (Å²) in [6.45, 7) is 2.97. The van der Waals surface area contributed by atoms with Crippen molar-refractivity contribution in [3.05, 3.63) is 0 Å². The standard InChI is InChI=1S/C17H30N6O7/c1-3-8(2)14(20)16(28)23-9(4-5-11(18)24)15(27)21-7-13(26)22-10(17(29)30)6-12(19)25/h8-10,14H,3-7,20H2,1-2H3,(H2,18,24)(H2,19,25)(H,21,27)(H,22,26)(H,23,28)(H,29,30). The van der Waals surface area contributed by atoms with Crippen LogP contribution in [-0.2, 0) is 28.8 Å². The van der Waals surface area contributed by atoms with E-state index in [2.05, 4.69) is 10.6 Å². The van der Waals surface area contributed by atoms with Gasteiger partial charge >= 0.3 is 5.97 Å². The predicted molar refractivity (Wildman–Crippen MR) is 104 cm³/mol. The Balaban J connectivity index is 4.96. The van der Waals surface area contributed by atoms with Gasteiger partial charge in [0.15, 0.2) is 0 Å². The van der Waals surface area contributed by atoms with Crippen LogP contribution in [0.3, 0.4) is 0 Å². The van der Waals surface area contributed by atoms with Gasteiger partial charge in [-0.2, -0.15) is 0 Å². The second kappa shape index (κ2) is 13.1. The molecule has 0 aliphatic carbocycles. The van der Waals surface area contributed by atoms with E-state index in [4.69, 9.17) is 22.3 Å². The van der Waals surface area contributed by atoms with Gasteiger partial charge in [0.05, 0.1) is 19.0 Å². The van der Waals surface area contributed by atoms with Crippen LogP contribution in [0.4, 0.5) is 0 Å². The quantitative estimate of drug-likeness (QED) is 0.147. The minimum atomic E-state index is -1.55. The lowest BCUT2D eigenvalue weighted by atomic mass is 9.98. The molecule has 10 N–H and O–H groups in total. The molecule has 0 radical (unpaired) electrons. The lowest BCUT2D eigenvalue weighted by Gasteiger charge is -2.23. The molecule has 0 aliphatic heterocycles. The van der Waals surface area contributed by atoms with E-state index in [1.165, 1.54) is 0 Å². The smallest absolute Gasteiger partial charge is 0.326 e. The average Bonchev–Trinajstić information content (AvgIpc) is 2.66. The maximum absolute atomic E-state index is 12.4. The molecular formula is C17H30N6O7. The van der Waals surface area contributed by atoms with Crippen molar-refractivity contribution in [3.63, 3.8) is 0 Å². The zero-order chi connectivity index (χ0) is 23.4. The van der Waals surface area contributed by atoms with Crippen molar-refractivity contribution in [2.45, 2.75) is 57.7 Å². The van der Waals surface area contributed by atoms with Crippen molar-refractivity contribution in [2.75, 3.05) is 6.54 Å². The van der Waals surface area contributed by atoms with Crippen molar-refractivity contribution in [1.82, 2.24) is 16.0 Å². The maximum Gasteiger partial charge on any atom is 0.326 e. The molecule has 0 saturated heterocycles. The number of nitrogens with one attached hydrogen (secondary N) is 3. The lowest BCUT2D eigenvalue weighted by Crippen LogP contribution is -2.54. The summed E-state index contributed by atoms with van der Waals surface area (Å²) in [5.74, 6) is -5.55. The highest BCUT2D eigenvalue weighted by Gasteiger charge is 2.27. The molecule has 0 heterocycles. The summed E-state index contributed by atoms with van der Waals surface area (Å²) in [6.07, 6.45) is -0.327. The Morgan fingerprint density at radius 1 is 0.933 bits per heavy atom. The number of hydrogen-bond donors (Lipinski definition) is 7. The van der Waals surface area contributed by atoms with Crippen LogP contribution in [0.25, 0.3) is 0 Å². The first-order valence-electron chi connectivity index (χ1n) is 9.31. The van der Waals surface area contributed by atoms with Crippen LogP contribution in [0.2, 0.25) is 0 Å². The lowest BCUT2D eigenvalue weighted by molar-refractivity contribution is -0.143. The van der Waals surface area contributed by atoms with Crippen molar-refractivity contribution < 1.29 is 33.9 Å². The Morgan fingerprint density at radius 3 is 2.00 bits per heavy atom. The minimum absolute atomic E-state index is 0.124. The van der Waals surface area contributed by atoms with Gasteiger partial charge in [-0.05, 0) is 12.3 Å². The molecule has 0 rings (SSSR count). The second-order valence-corrected chi connectivity index (χ2v) is 6.82. The van der Waals surface area contributed by atoms with Crippen molar-refractivity contribution in [1.29, 1.82) is 0 Å². The van der Waals surface area contributed by atoms with Crippen LogP contribution in [0.5, 0.6) is 0 Å². The molecule has 13 nitrogen and oxygen atoms in total. The molecular weight excluding hydrogens is 400 g/mol. The summed E-state index contributed by atoms with van der Waals surface area (Å²) < 4.78 is 0. The third kappa shape index (κ3) is 10.4. The number of nitrogens with two attached hydrogens (primary N) is 3. The maximum atomic E-state index is 12.4. The number of primary amides is 2.